The maximum absolute atomic E-state index is 4.50. The summed E-state index contributed by atoms with van der Waals surface area (Å²) in [6.07, 6.45) is 0. The van der Waals surface area contributed by atoms with Crippen molar-refractivity contribution in [3.05, 3.63) is 18.0 Å². The van der Waals surface area contributed by atoms with Gasteiger partial charge in [0.2, 0.25) is 0 Å². The normalized spacial score (nSPS) is 12.1. The highest BCUT2D eigenvalue weighted by atomic mass is 15.2. The van der Waals surface area contributed by atoms with Crippen molar-refractivity contribution in [1.29, 1.82) is 0 Å². The molecule has 0 fully saturated rings. The lowest BCUT2D eigenvalue weighted by Crippen LogP contribution is -2.35. The molecule has 2 aromatic rings. The third kappa shape index (κ3) is 2.98. The average Bonchev–Trinajstić information content (AvgIpc) is 2.66. The Morgan fingerprint density at radius 3 is 2.56 bits per heavy atom. The molecular weight excluding hydrogens is 226 g/mol. The summed E-state index contributed by atoms with van der Waals surface area (Å²) in [6.45, 7) is 7.13. The molecule has 2 heterocycles. The Morgan fingerprint density at radius 1 is 1.22 bits per heavy atom. The van der Waals surface area contributed by atoms with E-state index in [0.717, 1.165) is 29.4 Å². The maximum atomic E-state index is 4.50. The van der Waals surface area contributed by atoms with Crippen LogP contribution in [0.3, 0.4) is 0 Å². The van der Waals surface area contributed by atoms with Gasteiger partial charge in [0.1, 0.15) is 11.6 Å². The van der Waals surface area contributed by atoms with Crippen LogP contribution in [0.2, 0.25) is 0 Å². The van der Waals surface area contributed by atoms with E-state index in [1.165, 1.54) is 0 Å². The molecule has 0 aliphatic heterocycles. The standard InChI is InChI=1S/C13H21N5/c1-13(2,3)14-8-10-15-9-6-7-11(18(4)5)17-12(9)16-10/h6-7,14H,8H2,1-5H3,(H,15,16,17). The van der Waals surface area contributed by atoms with Gasteiger partial charge >= 0.3 is 0 Å². The molecule has 0 aromatic carbocycles. The van der Waals surface area contributed by atoms with Gasteiger partial charge in [0.05, 0.1) is 12.1 Å². The van der Waals surface area contributed by atoms with Crippen molar-refractivity contribution in [2.75, 3.05) is 19.0 Å². The van der Waals surface area contributed by atoms with E-state index in [0.29, 0.717) is 0 Å². The average molecular weight is 247 g/mol. The number of aromatic nitrogens is 3. The lowest BCUT2D eigenvalue weighted by Gasteiger charge is -2.19. The summed E-state index contributed by atoms with van der Waals surface area (Å²) in [5.41, 5.74) is 1.83. The maximum Gasteiger partial charge on any atom is 0.179 e. The molecule has 98 valence electrons. The first-order valence-electron chi connectivity index (χ1n) is 6.13. The summed E-state index contributed by atoms with van der Waals surface area (Å²) in [6, 6.07) is 4.01. The Morgan fingerprint density at radius 2 is 1.94 bits per heavy atom. The van der Waals surface area contributed by atoms with Crippen LogP contribution in [0.15, 0.2) is 12.1 Å². The Balaban J connectivity index is 2.22. The molecule has 0 saturated heterocycles. The fourth-order valence-electron chi connectivity index (χ4n) is 1.61. The van der Waals surface area contributed by atoms with Crippen molar-refractivity contribution in [3.8, 4) is 0 Å². The molecule has 2 rings (SSSR count). The molecule has 5 nitrogen and oxygen atoms in total. The number of hydrogen-bond donors (Lipinski definition) is 2. The van der Waals surface area contributed by atoms with Gasteiger partial charge in [0.25, 0.3) is 0 Å². The molecule has 0 unspecified atom stereocenters. The van der Waals surface area contributed by atoms with Crippen molar-refractivity contribution in [2.45, 2.75) is 32.9 Å². The van der Waals surface area contributed by atoms with E-state index >= 15 is 0 Å². The molecule has 2 aromatic heterocycles. The molecular formula is C13H21N5. The van der Waals surface area contributed by atoms with E-state index in [9.17, 15) is 0 Å². The van der Waals surface area contributed by atoms with Gasteiger partial charge in [-0.2, -0.15) is 0 Å². The molecule has 0 radical (unpaired) electrons. The summed E-state index contributed by atoms with van der Waals surface area (Å²) in [5.74, 6) is 1.84. The summed E-state index contributed by atoms with van der Waals surface area (Å²) >= 11 is 0. The minimum atomic E-state index is 0.0845. The molecule has 18 heavy (non-hydrogen) atoms. The first-order chi connectivity index (χ1) is 8.35. The third-order valence-electron chi connectivity index (χ3n) is 2.62. The van der Waals surface area contributed by atoms with Crippen molar-refractivity contribution in [2.24, 2.45) is 0 Å². The van der Waals surface area contributed by atoms with E-state index < -0.39 is 0 Å². The van der Waals surface area contributed by atoms with Crippen molar-refractivity contribution in [3.63, 3.8) is 0 Å². The van der Waals surface area contributed by atoms with Crippen LogP contribution in [0, 0.1) is 0 Å². The molecule has 5 heteroatoms. The monoisotopic (exact) mass is 247 g/mol. The number of imidazole rings is 1. The second-order valence-corrected chi connectivity index (χ2v) is 5.72. The van der Waals surface area contributed by atoms with E-state index in [1.54, 1.807) is 0 Å². The molecule has 0 amide bonds. The molecule has 0 aliphatic rings. The first-order valence-corrected chi connectivity index (χ1v) is 6.13. The summed E-state index contributed by atoms with van der Waals surface area (Å²) in [7, 11) is 3.95. The van der Waals surface area contributed by atoms with Crippen molar-refractivity contribution >= 4 is 17.0 Å². The van der Waals surface area contributed by atoms with E-state index in [-0.39, 0.29) is 5.54 Å². The molecule has 0 spiro atoms. The SMILES string of the molecule is CN(C)c1ccc2[nH]c(CNC(C)(C)C)nc2n1. The topological polar surface area (TPSA) is 56.8 Å². The number of rotatable bonds is 3. The fraction of sp³-hybridized carbons (Fsp3) is 0.538. The lowest BCUT2D eigenvalue weighted by molar-refractivity contribution is 0.419. The molecule has 0 aliphatic carbocycles. The second kappa shape index (κ2) is 4.57. The van der Waals surface area contributed by atoms with Gasteiger partial charge in [-0.15, -0.1) is 0 Å². The number of pyridine rings is 1. The molecule has 2 N–H and O–H groups in total. The van der Waals surface area contributed by atoms with Crippen LogP contribution in [-0.2, 0) is 6.54 Å². The summed E-state index contributed by atoms with van der Waals surface area (Å²) < 4.78 is 0. The zero-order valence-corrected chi connectivity index (χ0v) is 11.7. The van der Waals surface area contributed by atoms with Crippen LogP contribution < -0.4 is 10.2 Å². The van der Waals surface area contributed by atoms with Crippen molar-refractivity contribution < 1.29 is 0 Å². The Bertz CT molecular complexity index is 536. The number of fused-ring (bicyclic) bond motifs is 1. The number of nitrogens with one attached hydrogen (secondary N) is 2. The minimum Gasteiger partial charge on any atom is -0.363 e. The van der Waals surface area contributed by atoms with Crippen LogP contribution in [0.5, 0.6) is 0 Å². The number of hydrogen-bond acceptors (Lipinski definition) is 4. The van der Waals surface area contributed by atoms with Gasteiger partial charge in [0.15, 0.2) is 5.65 Å². The zero-order chi connectivity index (χ0) is 13.3. The van der Waals surface area contributed by atoms with Crippen LogP contribution in [0.1, 0.15) is 26.6 Å². The summed E-state index contributed by atoms with van der Waals surface area (Å²) in [5, 5.41) is 3.40. The Kier molecular flexibility index (Phi) is 3.26. The molecule has 0 atom stereocenters. The van der Waals surface area contributed by atoms with Gasteiger partial charge < -0.3 is 15.2 Å². The predicted molar refractivity (Wildman–Crippen MR) is 74.8 cm³/mol. The fourth-order valence-corrected chi connectivity index (χ4v) is 1.61. The minimum absolute atomic E-state index is 0.0845. The zero-order valence-electron chi connectivity index (χ0n) is 11.7. The van der Waals surface area contributed by atoms with Gasteiger partial charge in [0, 0.05) is 19.6 Å². The van der Waals surface area contributed by atoms with Gasteiger partial charge in [-0.1, -0.05) is 0 Å². The highest BCUT2D eigenvalue weighted by molar-refractivity contribution is 5.73. The largest absolute Gasteiger partial charge is 0.363 e. The van der Waals surface area contributed by atoms with Gasteiger partial charge in [-0.3, -0.25) is 0 Å². The Hall–Kier alpha value is -1.62. The van der Waals surface area contributed by atoms with Crippen LogP contribution >= 0.6 is 0 Å². The number of nitrogens with zero attached hydrogens (tertiary/aromatic N) is 3. The van der Waals surface area contributed by atoms with E-state index in [4.69, 9.17) is 0 Å². The van der Waals surface area contributed by atoms with Crippen molar-refractivity contribution in [1.82, 2.24) is 20.3 Å². The number of aromatic amines is 1. The lowest BCUT2D eigenvalue weighted by atomic mass is 10.1. The highest BCUT2D eigenvalue weighted by Crippen LogP contribution is 2.14. The quantitative estimate of drug-likeness (QED) is 0.870. The first kappa shape index (κ1) is 12.8. The second-order valence-electron chi connectivity index (χ2n) is 5.72. The molecule has 0 bridgehead atoms. The predicted octanol–water partition coefficient (Wildman–Crippen LogP) is 1.91. The summed E-state index contributed by atoms with van der Waals surface area (Å²) in [4.78, 5) is 14.3. The van der Waals surface area contributed by atoms with E-state index in [1.807, 2.05) is 31.1 Å². The van der Waals surface area contributed by atoms with Crippen LogP contribution in [0.4, 0.5) is 5.82 Å². The van der Waals surface area contributed by atoms with Crippen LogP contribution in [0.25, 0.3) is 11.2 Å². The smallest absolute Gasteiger partial charge is 0.179 e. The number of anilines is 1. The Labute approximate surface area is 108 Å². The third-order valence-corrected chi connectivity index (χ3v) is 2.62. The number of H-pyrrole nitrogens is 1. The highest BCUT2D eigenvalue weighted by Gasteiger charge is 2.11. The van der Waals surface area contributed by atoms with Crippen LogP contribution in [-0.4, -0.2) is 34.6 Å². The molecule has 0 saturated carbocycles. The van der Waals surface area contributed by atoms with Gasteiger partial charge in [-0.25, -0.2) is 9.97 Å². The van der Waals surface area contributed by atoms with E-state index in [2.05, 4.69) is 41.0 Å². The van der Waals surface area contributed by atoms with Gasteiger partial charge in [-0.05, 0) is 32.9 Å².